The SMILES string of the molecule is CCCCCC1=C(CCCCC)C(=O)CO1. The number of rotatable bonds is 8. The van der Waals surface area contributed by atoms with Gasteiger partial charge in [-0.3, -0.25) is 4.79 Å². The number of Topliss-reactive ketones (excluding diaryl/α,β-unsaturated/α-hetero) is 1. The molecule has 0 aromatic rings. The zero-order chi connectivity index (χ0) is 11.8. The van der Waals surface area contributed by atoms with E-state index in [0.29, 0.717) is 6.61 Å². The van der Waals surface area contributed by atoms with E-state index < -0.39 is 0 Å². The molecule has 0 saturated carbocycles. The Bertz CT molecular complexity index is 253. The first kappa shape index (κ1) is 13.3. The van der Waals surface area contributed by atoms with E-state index in [1.54, 1.807) is 0 Å². The van der Waals surface area contributed by atoms with Crippen LogP contribution in [-0.4, -0.2) is 12.4 Å². The van der Waals surface area contributed by atoms with Crippen LogP contribution in [0, 0.1) is 0 Å². The molecule has 0 spiro atoms. The highest BCUT2D eigenvalue weighted by Crippen LogP contribution is 2.25. The van der Waals surface area contributed by atoms with Gasteiger partial charge in [-0.25, -0.2) is 0 Å². The second-order valence-corrected chi connectivity index (χ2v) is 4.53. The number of unbranched alkanes of at least 4 members (excludes halogenated alkanes) is 4. The number of carbonyl (C=O) groups excluding carboxylic acids is 1. The van der Waals surface area contributed by atoms with Gasteiger partial charge >= 0.3 is 0 Å². The number of ketones is 1. The van der Waals surface area contributed by atoms with Crippen LogP contribution in [0.15, 0.2) is 11.3 Å². The van der Waals surface area contributed by atoms with Crippen LogP contribution >= 0.6 is 0 Å². The van der Waals surface area contributed by atoms with E-state index >= 15 is 0 Å². The van der Waals surface area contributed by atoms with Gasteiger partial charge in [-0.05, 0) is 19.3 Å². The molecule has 2 nitrogen and oxygen atoms in total. The highest BCUT2D eigenvalue weighted by molar-refractivity contribution is 5.98. The Balaban J connectivity index is 2.43. The van der Waals surface area contributed by atoms with Gasteiger partial charge in [0.25, 0.3) is 0 Å². The largest absolute Gasteiger partial charge is 0.489 e. The standard InChI is InChI=1S/C14H24O2/c1-3-5-7-9-12-13(15)11-16-14(12)10-8-6-4-2/h3-11H2,1-2H3. The van der Waals surface area contributed by atoms with Crippen LogP contribution in [0.25, 0.3) is 0 Å². The number of hydrogen-bond acceptors (Lipinski definition) is 2. The van der Waals surface area contributed by atoms with E-state index in [0.717, 1.165) is 37.0 Å². The predicted octanol–water partition coefficient (Wildman–Crippen LogP) is 4.00. The molecule has 0 aliphatic carbocycles. The van der Waals surface area contributed by atoms with E-state index in [-0.39, 0.29) is 5.78 Å². The molecule has 0 amide bonds. The molecule has 0 aromatic heterocycles. The minimum absolute atomic E-state index is 0.225. The Morgan fingerprint density at radius 3 is 2.25 bits per heavy atom. The van der Waals surface area contributed by atoms with Crippen LogP contribution in [0.2, 0.25) is 0 Å². The van der Waals surface area contributed by atoms with Gasteiger partial charge in [0.2, 0.25) is 0 Å². The summed E-state index contributed by atoms with van der Waals surface area (Å²) in [6, 6.07) is 0. The Kier molecular flexibility index (Phi) is 6.20. The molecule has 0 saturated heterocycles. The zero-order valence-electron chi connectivity index (χ0n) is 10.7. The van der Waals surface area contributed by atoms with Crippen molar-refractivity contribution < 1.29 is 9.53 Å². The van der Waals surface area contributed by atoms with Crippen molar-refractivity contribution in [2.75, 3.05) is 6.61 Å². The van der Waals surface area contributed by atoms with E-state index in [1.807, 2.05) is 0 Å². The lowest BCUT2D eigenvalue weighted by atomic mass is 10.0. The molecule has 1 aliphatic rings. The third kappa shape index (κ3) is 3.99. The second-order valence-electron chi connectivity index (χ2n) is 4.53. The van der Waals surface area contributed by atoms with E-state index in [4.69, 9.17) is 4.74 Å². The summed E-state index contributed by atoms with van der Waals surface area (Å²) in [7, 11) is 0. The second kappa shape index (κ2) is 7.48. The molecule has 0 N–H and O–H groups in total. The Morgan fingerprint density at radius 2 is 1.62 bits per heavy atom. The van der Waals surface area contributed by atoms with Crippen LogP contribution in [-0.2, 0) is 9.53 Å². The van der Waals surface area contributed by atoms with Gasteiger partial charge in [0.15, 0.2) is 12.4 Å². The number of allylic oxidation sites excluding steroid dienone is 1. The minimum Gasteiger partial charge on any atom is -0.489 e. The molecule has 2 heteroatoms. The summed E-state index contributed by atoms with van der Waals surface area (Å²) in [6.45, 7) is 4.67. The smallest absolute Gasteiger partial charge is 0.199 e. The van der Waals surface area contributed by atoms with Gasteiger partial charge in [-0.1, -0.05) is 39.5 Å². The molecule has 0 atom stereocenters. The third-order valence-corrected chi connectivity index (χ3v) is 3.09. The van der Waals surface area contributed by atoms with Crippen LogP contribution in [0.1, 0.15) is 65.2 Å². The molecule has 0 bridgehead atoms. The summed E-state index contributed by atoms with van der Waals surface area (Å²) < 4.78 is 5.49. The van der Waals surface area contributed by atoms with Crippen molar-refractivity contribution in [3.63, 3.8) is 0 Å². The average molecular weight is 224 g/mol. The maximum atomic E-state index is 11.6. The lowest BCUT2D eigenvalue weighted by Gasteiger charge is -2.04. The molecule has 1 heterocycles. The van der Waals surface area contributed by atoms with Crippen molar-refractivity contribution in [3.8, 4) is 0 Å². The average Bonchev–Trinajstić information content (AvgIpc) is 2.62. The molecule has 0 aromatic carbocycles. The van der Waals surface area contributed by atoms with Crippen LogP contribution in [0.4, 0.5) is 0 Å². The number of carbonyl (C=O) groups is 1. The first-order valence-corrected chi connectivity index (χ1v) is 6.67. The summed E-state index contributed by atoms with van der Waals surface area (Å²) in [6.07, 6.45) is 9.01. The quantitative estimate of drug-likeness (QED) is 0.582. The topological polar surface area (TPSA) is 26.3 Å². The highest BCUT2D eigenvalue weighted by atomic mass is 16.5. The zero-order valence-corrected chi connectivity index (χ0v) is 10.7. The minimum atomic E-state index is 0.225. The lowest BCUT2D eigenvalue weighted by molar-refractivity contribution is -0.116. The van der Waals surface area contributed by atoms with E-state index in [9.17, 15) is 4.79 Å². The van der Waals surface area contributed by atoms with Gasteiger partial charge in [-0.15, -0.1) is 0 Å². The van der Waals surface area contributed by atoms with Crippen molar-refractivity contribution in [2.24, 2.45) is 0 Å². The van der Waals surface area contributed by atoms with Crippen LogP contribution in [0.5, 0.6) is 0 Å². The monoisotopic (exact) mass is 224 g/mol. The molecule has 0 unspecified atom stereocenters. The summed E-state index contributed by atoms with van der Waals surface area (Å²) >= 11 is 0. The van der Waals surface area contributed by atoms with E-state index in [1.165, 1.54) is 25.7 Å². The third-order valence-electron chi connectivity index (χ3n) is 3.09. The van der Waals surface area contributed by atoms with Crippen LogP contribution in [0.3, 0.4) is 0 Å². The van der Waals surface area contributed by atoms with Gasteiger partial charge in [0.05, 0.1) is 0 Å². The molecular weight excluding hydrogens is 200 g/mol. The molecule has 0 radical (unpaired) electrons. The Hall–Kier alpha value is -0.790. The maximum Gasteiger partial charge on any atom is 0.199 e. The summed E-state index contributed by atoms with van der Waals surface area (Å²) in [5.74, 6) is 1.22. The van der Waals surface area contributed by atoms with Crippen molar-refractivity contribution in [1.82, 2.24) is 0 Å². The van der Waals surface area contributed by atoms with Crippen molar-refractivity contribution in [3.05, 3.63) is 11.3 Å². The van der Waals surface area contributed by atoms with Gasteiger partial charge in [0, 0.05) is 12.0 Å². The lowest BCUT2D eigenvalue weighted by Crippen LogP contribution is -2.01. The molecular formula is C14H24O2. The molecule has 0 fully saturated rings. The maximum absolute atomic E-state index is 11.6. The van der Waals surface area contributed by atoms with Crippen molar-refractivity contribution in [2.45, 2.75) is 65.2 Å². The summed E-state index contributed by atoms with van der Waals surface area (Å²) in [4.78, 5) is 11.6. The molecule has 1 rings (SSSR count). The van der Waals surface area contributed by atoms with Crippen LogP contribution < -0.4 is 0 Å². The first-order valence-electron chi connectivity index (χ1n) is 6.67. The summed E-state index contributed by atoms with van der Waals surface area (Å²) in [5.41, 5.74) is 0.990. The highest BCUT2D eigenvalue weighted by Gasteiger charge is 2.23. The van der Waals surface area contributed by atoms with Gasteiger partial charge in [0.1, 0.15) is 5.76 Å². The normalized spacial score (nSPS) is 15.8. The van der Waals surface area contributed by atoms with Gasteiger partial charge in [-0.2, -0.15) is 0 Å². The number of ether oxygens (including phenoxy) is 1. The molecule has 1 aliphatic heterocycles. The van der Waals surface area contributed by atoms with Crippen molar-refractivity contribution >= 4 is 5.78 Å². The Morgan fingerprint density at radius 1 is 1.00 bits per heavy atom. The fourth-order valence-electron chi connectivity index (χ4n) is 2.07. The molecule has 92 valence electrons. The molecule has 16 heavy (non-hydrogen) atoms. The summed E-state index contributed by atoms with van der Waals surface area (Å²) in [5, 5.41) is 0. The predicted molar refractivity (Wildman–Crippen MR) is 66.3 cm³/mol. The fraction of sp³-hybridized carbons (Fsp3) is 0.786. The number of hydrogen-bond donors (Lipinski definition) is 0. The Labute approximate surface area is 99.1 Å². The van der Waals surface area contributed by atoms with Crippen molar-refractivity contribution in [1.29, 1.82) is 0 Å². The van der Waals surface area contributed by atoms with Gasteiger partial charge < -0.3 is 4.74 Å². The first-order chi connectivity index (χ1) is 7.79. The fourth-order valence-corrected chi connectivity index (χ4v) is 2.07. The van der Waals surface area contributed by atoms with E-state index in [2.05, 4.69) is 13.8 Å².